The minimum atomic E-state index is -3.71. The van der Waals surface area contributed by atoms with E-state index in [2.05, 4.69) is 5.32 Å². The molecule has 0 aromatic heterocycles. The van der Waals surface area contributed by atoms with Crippen molar-refractivity contribution in [1.82, 2.24) is 9.62 Å². The Kier molecular flexibility index (Phi) is 6.11. The van der Waals surface area contributed by atoms with Crippen molar-refractivity contribution < 1.29 is 18.0 Å². The highest BCUT2D eigenvalue weighted by Crippen LogP contribution is 2.22. The Labute approximate surface area is 165 Å². The monoisotopic (exact) mass is 401 g/mol. The molecule has 1 aliphatic rings. The Balaban J connectivity index is 1.58. The van der Waals surface area contributed by atoms with Crippen LogP contribution in [0.4, 0.5) is 5.69 Å². The van der Waals surface area contributed by atoms with Gasteiger partial charge in [-0.3, -0.25) is 9.59 Å². The molecule has 0 aliphatic carbocycles. The molecule has 2 aromatic carbocycles. The van der Waals surface area contributed by atoms with Crippen molar-refractivity contribution in [3.05, 3.63) is 60.2 Å². The summed E-state index contributed by atoms with van der Waals surface area (Å²) in [6.07, 6.45) is 1.41. The fourth-order valence-electron chi connectivity index (χ4n) is 3.07. The predicted octanol–water partition coefficient (Wildman–Crippen LogP) is 1.75. The van der Waals surface area contributed by atoms with Gasteiger partial charge in [0.2, 0.25) is 21.8 Å². The van der Waals surface area contributed by atoms with E-state index in [4.69, 9.17) is 0 Å². The lowest BCUT2D eigenvalue weighted by Crippen LogP contribution is -2.38. The van der Waals surface area contributed by atoms with Crippen LogP contribution in [-0.4, -0.2) is 44.7 Å². The molecule has 1 aliphatic heterocycles. The molecule has 1 fully saturated rings. The minimum Gasteiger partial charge on any atom is -0.351 e. The Morgan fingerprint density at radius 3 is 2.57 bits per heavy atom. The summed E-state index contributed by atoms with van der Waals surface area (Å²) in [4.78, 5) is 26.0. The molecule has 1 heterocycles. The molecule has 7 nitrogen and oxygen atoms in total. The van der Waals surface area contributed by atoms with Crippen LogP contribution in [0.2, 0.25) is 0 Å². The molecule has 0 saturated carbocycles. The molecule has 0 radical (unpaired) electrons. The van der Waals surface area contributed by atoms with Crippen molar-refractivity contribution in [3.63, 3.8) is 0 Å². The highest BCUT2D eigenvalue weighted by molar-refractivity contribution is 7.89. The van der Waals surface area contributed by atoms with Crippen LogP contribution in [-0.2, 0) is 26.2 Å². The van der Waals surface area contributed by atoms with Gasteiger partial charge >= 0.3 is 0 Å². The standard InChI is InChI=1S/C20H23N3O4S/c1-22(28(26,27)18-9-3-2-4-10-18)15-19(24)21-14-16-7-5-8-17(13-16)23-12-6-11-20(23)25/h2-5,7-10,13H,6,11-12,14-15H2,1H3,(H,21,24). The second-order valence-electron chi connectivity index (χ2n) is 6.67. The number of nitrogens with zero attached hydrogens (tertiary/aromatic N) is 2. The van der Waals surface area contributed by atoms with E-state index in [1.165, 1.54) is 19.2 Å². The van der Waals surface area contributed by atoms with E-state index in [9.17, 15) is 18.0 Å². The van der Waals surface area contributed by atoms with Gasteiger partial charge in [-0.25, -0.2) is 8.42 Å². The summed E-state index contributed by atoms with van der Waals surface area (Å²) in [5, 5.41) is 2.73. The normalized spacial score (nSPS) is 14.5. The lowest BCUT2D eigenvalue weighted by molar-refractivity contribution is -0.121. The first-order valence-electron chi connectivity index (χ1n) is 9.05. The molecule has 28 heavy (non-hydrogen) atoms. The number of anilines is 1. The first-order chi connectivity index (χ1) is 13.4. The fourth-order valence-corrected chi connectivity index (χ4v) is 4.22. The number of amides is 2. The van der Waals surface area contributed by atoms with Crippen LogP contribution in [0.3, 0.4) is 0 Å². The number of benzene rings is 2. The van der Waals surface area contributed by atoms with E-state index in [-0.39, 0.29) is 23.9 Å². The highest BCUT2D eigenvalue weighted by atomic mass is 32.2. The van der Waals surface area contributed by atoms with Gasteiger partial charge in [-0.05, 0) is 36.2 Å². The Hall–Kier alpha value is -2.71. The van der Waals surface area contributed by atoms with E-state index in [0.29, 0.717) is 13.0 Å². The third-order valence-electron chi connectivity index (χ3n) is 4.60. The average molecular weight is 401 g/mol. The van der Waals surface area contributed by atoms with E-state index in [0.717, 1.165) is 22.0 Å². The Morgan fingerprint density at radius 1 is 1.14 bits per heavy atom. The molecule has 8 heteroatoms. The first kappa shape index (κ1) is 20.0. The molecule has 148 valence electrons. The molecule has 0 spiro atoms. The summed E-state index contributed by atoms with van der Waals surface area (Å²) in [6.45, 7) is 0.687. The number of nitrogens with one attached hydrogen (secondary N) is 1. The third kappa shape index (κ3) is 4.58. The van der Waals surface area contributed by atoms with Crippen molar-refractivity contribution in [2.75, 3.05) is 25.0 Å². The van der Waals surface area contributed by atoms with Crippen molar-refractivity contribution in [1.29, 1.82) is 0 Å². The van der Waals surface area contributed by atoms with Crippen LogP contribution >= 0.6 is 0 Å². The molecule has 3 rings (SSSR count). The molecular weight excluding hydrogens is 378 g/mol. The molecule has 2 aromatic rings. The minimum absolute atomic E-state index is 0.105. The van der Waals surface area contributed by atoms with Crippen molar-refractivity contribution >= 4 is 27.5 Å². The predicted molar refractivity (Wildman–Crippen MR) is 106 cm³/mol. The maximum absolute atomic E-state index is 12.5. The summed E-state index contributed by atoms with van der Waals surface area (Å²) >= 11 is 0. The van der Waals surface area contributed by atoms with Gasteiger partial charge in [0.1, 0.15) is 0 Å². The largest absolute Gasteiger partial charge is 0.351 e. The smallest absolute Gasteiger partial charge is 0.243 e. The summed E-state index contributed by atoms with van der Waals surface area (Å²) in [5.74, 6) is -0.293. The number of carbonyl (C=O) groups excluding carboxylic acids is 2. The highest BCUT2D eigenvalue weighted by Gasteiger charge is 2.23. The van der Waals surface area contributed by atoms with Crippen LogP contribution < -0.4 is 10.2 Å². The Morgan fingerprint density at radius 2 is 1.89 bits per heavy atom. The van der Waals surface area contributed by atoms with Gasteiger partial charge in [-0.15, -0.1) is 0 Å². The van der Waals surface area contributed by atoms with Gasteiger partial charge in [0, 0.05) is 32.2 Å². The zero-order valence-corrected chi connectivity index (χ0v) is 16.5. The molecule has 1 N–H and O–H groups in total. The van der Waals surface area contributed by atoms with Crippen LogP contribution in [0, 0.1) is 0 Å². The van der Waals surface area contributed by atoms with Gasteiger partial charge in [0.15, 0.2) is 0 Å². The summed E-state index contributed by atoms with van der Waals surface area (Å²) in [7, 11) is -2.34. The summed E-state index contributed by atoms with van der Waals surface area (Å²) in [5.41, 5.74) is 1.66. The topological polar surface area (TPSA) is 86.8 Å². The zero-order chi connectivity index (χ0) is 20.1. The molecule has 0 bridgehead atoms. The number of likely N-dealkylation sites (N-methyl/N-ethyl adjacent to an activating group) is 1. The summed E-state index contributed by atoms with van der Waals surface area (Å²) in [6, 6.07) is 15.4. The lowest BCUT2D eigenvalue weighted by Gasteiger charge is -2.18. The lowest BCUT2D eigenvalue weighted by atomic mass is 10.2. The third-order valence-corrected chi connectivity index (χ3v) is 6.42. The van der Waals surface area contributed by atoms with Crippen molar-refractivity contribution in [3.8, 4) is 0 Å². The van der Waals surface area contributed by atoms with Gasteiger partial charge < -0.3 is 10.2 Å². The SMILES string of the molecule is CN(CC(=O)NCc1cccc(N2CCCC2=O)c1)S(=O)(=O)c1ccccc1. The maximum atomic E-state index is 12.5. The molecule has 2 amide bonds. The van der Waals surface area contributed by atoms with Crippen LogP contribution in [0.25, 0.3) is 0 Å². The maximum Gasteiger partial charge on any atom is 0.243 e. The number of hydrogen-bond donors (Lipinski definition) is 1. The van der Waals surface area contributed by atoms with Gasteiger partial charge in [0.25, 0.3) is 0 Å². The average Bonchev–Trinajstić information content (AvgIpc) is 3.13. The van der Waals surface area contributed by atoms with E-state index < -0.39 is 15.9 Å². The van der Waals surface area contributed by atoms with Crippen molar-refractivity contribution in [2.45, 2.75) is 24.3 Å². The summed E-state index contributed by atoms with van der Waals surface area (Å²) < 4.78 is 26.0. The van der Waals surface area contributed by atoms with Crippen molar-refractivity contribution in [2.24, 2.45) is 0 Å². The van der Waals surface area contributed by atoms with E-state index >= 15 is 0 Å². The number of carbonyl (C=O) groups is 2. The van der Waals surface area contributed by atoms with Crippen LogP contribution in [0.15, 0.2) is 59.5 Å². The molecular formula is C20H23N3O4S. The quantitative estimate of drug-likeness (QED) is 0.766. The van der Waals surface area contributed by atoms with E-state index in [1.807, 2.05) is 24.3 Å². The van der Waals surface area contributed by atoms with Crippen LogP contribution in [0.1, 0.15) is 18.4 Å². The van der Waals surface area contributed by atoms with E-state index in [1.54, 1.807) is 23.1 Å². The first-order valence-corrected chi connectivity index (χ1v) is 10.5. The van der Waals surface area contributed by atoms with Gasteiger partial charge in [0.05, 0.1) is 11.4 Å². The second kappa shape index (κ2) is 8.53. The van der Waals surface area contributed by atoms with Crippen LogP contribution in [0.5, 0.6) is 0 Å². The molecule has 0 unspecified atom stereocenters. The Bertz CT molecular complexity index is 960. The molecule has 1 saturated heterocycles. The number of sulfonamides is 1. The zero-order valence-electron chi connectivity index (χ0n) is 15.7. The number of hydrogen-bond acceptors (Lipinski definition) is 4. The van der Waals surface area contributed by atoms with Gasteiger partial charge in [-0.2, -0.15) is 4.31 Å². The van der Waals surface area contributed by atoms with Gasteiger partial charge in [-0.1, -0.05) is 30.3 Å². The number of rotatable bonds is 7. The molecule has 0 atom stereocenters. The fraction of sp³-hybridized carbons (Fsp3) is 0.300. The second-order valence-corrected chi connectivity index (χ2v) is 8.71.